The van der Waals surface area contributed by atoms with E-state index in [1.165, 1.54) is 24.0 Å². The van der Waals surface area contributed by atoms with Gasteiger partial charge in [0.25, 0.3) is 0 Å². The smallest absolute Gasteiger partial charge is 0.307 e. The zero-order chi connectivity index (χ0) is 15.2. The fraction of sp³-hybridized carbons (Fsp3) is 0.611. The SMILES string of the molecule is CCOC(=O)CC(c1cccc(C2CC2)c1)N(CC)CC. The molecule has 1 unspecified atom stereocenters. The molecule has 1 fully saturated rings. The van der Waals surface area contributed by atoms with Crippen molar-refractivity contribution in [2.24, 2.45) is 0 Å². The van der Waals surface area contributed by atoms with Crippen LogP contribution < -0.4 is 0 Å². The molecule has 0 aliphatic heterocycles. The van der Waals surface area contributed by atoms with Gasteiger partial charge in [0.1, 0.15) is 0 Å². The van der Waals surface area contributed by atoms with Crippen LogP contribution in [0.5, 0.6) is 0 Å². The first-order valence-corrected chi connectivity index (χ1v) is 8.19. The Bertz CT molecular complexity index is 464. The van der Waals surface area contributed by atoms with Crippen molar-refractivity contribution in [3.63, 3.8) is 0 Å². The van der Waals surface area contributed by atoms with Crippen LogP contribution in [-0.4, -0.2) is 30.6 Å². The number of rotatable bonds is 8. The third-order valence-corrected chi connectivity index (χ3v) is 4.26. The molecule has 0 radical (unpaired) electrons. The number of hydrogen-bond acceptors (Lipinski definition) is 3. The molecule has 1 aromatic rings. The monoisotopic (exact) mass is 289 g/mol. The molecule has 0 bridgehead atoms. The first kappa shape index (κ1) is 16.0. The first-order valence-electron chi connectivity index (χ1n) is 8.19. The Labute approximate surface area is 128 Å². The molecule has 0 saturated heterocycles. The second-order valence-electron chi connectivity index (χ2n) is 5.69. The fourth-order valence-corrected chi connectivity index (χ4v) is 2.94. The summed E-state index contributed by atoms with van der Waals surface area (Å²) in [6, 6.07) is 8.90. The number of esters is 1. The minimum absolute atomic E-state index is 0.105. The summed E-state index contributed by atoms with van der Waals surface area (Å²) >= 11 is 0. The maximum atomic E-state index is 11.9. The lowest BCUT2D eigenvalue weighted by molar-refractivity contribution is -0.144. The van der Waals surface area contributed by atoms with Crippen LogP contribution >= 0.6 is 0 Å². The van der Waals surface area contributed by atoms with Crippen LogP contribution in [0.1, 0.15) is 63.1 Å². The molecule has 1 aliphatic rings. The highest BCUT2D eigenvalue weighted by Crippen LogP contribution is 2.41. The van der Waals surface area contributed by atoms with Gasteiger partial charge in [-0.2, -0.15) is 0 Å². The second kappa shape index (κ2) is 7.60. The maximum Gasteiger partial charge on any atom is 0.307 e. The van der Waals surface area contributed by atoms with Crippen molar-refractivity contribution in [3.05, 3.63) is 35.4 Å². The number of nitrogens with zero attached hydrogens (tertiary/aromatic N) is 1. The lowest BCUT2D eigenvalue weighted by Gasteiger charge is -2.29. The van der Waals surface area contributed by atoms with E-state index in [0.717, 1.165) is 19.0 Å². The highest BCUT2D eigenvalue weighted by molar-refractivity contribution is 5.70. The third-order valence-electron chi connectivity index (χ3n) is 4.26. The van der Waals surface area contributed by atoms with Gasteiger partial charge in [-0.1, -0.05) is 38.1 Å². The molecular formula is C18H27NO2. The van der Waals surface area contributed by atoms with E-state index in [1.54, 1.807) is 0 Å². The molecule has 0 heterocycles. The summed E-state index contributed by atoms with van der Waals surface area (Å²) in [7, 11) is 0. The van der Waals surface area contributed by atoms with Gasteiger partial charge in [0, 0.05) is 6.04 Å². The molecule has 0 amide bonds. The molecule has 0 N–H and O–H groups in total. The second-order valence-corrected chi connectivity index (χ2v) is 5.69. The van der Waals surface area contributed by atoms with Crippen molar-refractivity contribution in [1.29, 1.82) is 0 Å². The zero-order valence-corrected chi connectivity index (χ0v) is 13.5. The maximum absolute atomic E-state index is 11.9. The summed E-state index contributed by atoms with van der Waals surface area (Å²) in [4.78, 5) is 14.3. The summed E-state index contributed by atoms with van der Waals surface area (Å²) in [5.74, 6) is 0.635. The van der Waals surface area contributed by atoms with Gasteiger partial charge in [0.15, 0.2) is 0 Å². The summed E-state index contributed by atoms with van der Waals surface area (Å²) in [6.45, 7) is 8.48. The van der Waals surface area contributed by atoms with Crippen molar-refractivity contribution in [2.75, 3.05) is 19.7 Å². The minimum Gasteiger partial charge on any atom is -0.466 e. The van der Waals surface area contributed by atoms with Gasteiger partial charge in [-0.3, -0.25) is 9.69 Å². The topological polar surface area (TPSA) is 29.5 Å². The Balaban J connectivity index is 2.20. The summed E-state index contributed by atoms with van der Waals surface area (Å²) in [5.41, 5.74) is 2.67. The molecule has 3 heteroatoms. The number of ether oxygens (including phenoxy) is 1. The Morgan fingerprint density at radius 2 is 2.00 bits per heavy atom. The molecule has 1 aliphatic carbocycles. The van der Waals surface area contributed by atoms with Crippen LogP contribution in [0.2, 0.25) is 0 Å². The van der Waals surface area contributed by atoms with Crippen LogP contribution in [0.4, 0.5) is 0 Å². The average molecular weight is 289 g/mol. The van der Waals surface area contributed by atoms with Gasteiger partial charge in [-0.25, -0.2) is 0 Å². The Kier molecular flexibility index (Phi) is 5.80. The van der Waals surface area contributed by atoms with E-state index in [9.17, 15) is 4.79 Å². The minimum atomic E-state index is -0.105. The molecular weight excluding hydrogens is 262 g/mol. The van der Waals surface area contributed by atoms with Gasteiger partial charge in [-0.15, -0.1) is 0 Å². The molecule has 0 aromatic heterocycles. The normalized spacial score (nSPS) is 16.0. The van der Waals surface area contributed by atoms with E-state index in [4.69, 9.17) is 4.74 Å². The van der Waals surface area contributed by atoms with Crippen molar-refractivity contribution in [2.45, 2.75) is 52.0 Å². The molecule has 1 aromatic carbocycles. The van der Waals surface area contributed by atoms with Crippen LogP contribution in [-0.2, 0) is 9.53 Å². The summed E-state index contributed by atoms with van der Waals surface area (Å²) < 4.78 is 5.16. The quantitative estimate of drug-likeness (QED) is 0.680. The number of benzene rings is 1. The summed E-state index contributed by atoms with van der Waals surface area (Å²) in [5, 5.41) is 0. The predicted molar refractivity (Wildman–Crippen MR) is 85.3 cm³/mol. The van der Waals surface area contributed by atoms with Crippen molar-refractivity contribution in [3.8, 4) is 0 Å². The van der Waals surface area contributed by atoms with E-state index >= 15 is 0 Å². The molecule has 1 atom stereocenters. The molecule has 0 spiro atoms. The Morgan fingerprint density at radius 1 is 1.29 bits per heavy atom. The highest BCUT2D eigenvalue weighted by Gasteiger charge is 2.26. The van der Waals surface area contributed by atoms with E-state index in [0.29, 0.717) is 13.0 Å². The summed E-state index contributed by atoms with van der Waals surface area (Å²) in [6.07, 6.45) is 3.04. The molecule has 116 valence electrons. The third kappa shape index (κ3) is 4.31. The van der Waals surface area contributed by atoms with Gasteiger partial charge in [0.05, 0.1) is 13.0 Å². The zero-order valence-electron chi connectivity index (χ0n) is 13.5. The van der Waals surface area contributed by atoms with Gasteiger partial charge in [0.2, 0.25) is 0 Å². The predicted octanol–water partition coefficient (Wildman–Crippen LogP) is 3.90. The van der Waals surface area contributed by atoms with Gasteiger partial charge in [-0.05, 0) is 49.9 Å². The van der Waals surface area contributed by atoms with Crippen LogP contribution in [0, 0.1) is 0 Å². The van der Waals surface area contributed by atoms with E-state index < -0.39 is 0 Å². The number of hydrogen-bond donors (Lipinski definition) is 0. The first-order chi connectivity index (χ1) is 10.2. The van der Waals surface area contributed by atoms with Gasteiger partial charge < -0.3 is 4.74 Å². The van der Waals surface area contributed by atoms with Crippen LogP contribution in [0.25, 0.3) is 0 Å². The highest BCUT2D eigenvalue weighted by atomic mass is 16.5. The Hall–Kier alpha value is -1.35. The molecule has 2 rings (SSSR count). The number of carbonyl (C=O) groups excluding carboxylic acids is 1. The average Bonchev–Trinajstić information content (AvgIpc) is 3.32. The van der Waals surface area contributed by atoms with Crippen LogP contribution in [0.15, 0.2) is 24.3 Å². The lowest BCUT2D eigenvalue weighted by atomic mass is 9.98. The van der Waals surface area contributed by atoms with E-state index in [2.05, 4.69) is 43.0 Å². The van der Waals surface area contributed by atoms with E-state index in [1.807, 2.05) is 6.92 Å². The lowest BCUT2D eigenvalue weighted by Crippen LogP contribution is -2.30. The van der Waals surface area contributed by atoms with Crippen molar-refractivity contribution < 1.29 is 9.53 Å². The van der Waals surface area contributed by atoms with Crippen molar-refractivity contribution in [1.82, 2.24) is 4.90 Å². The number of carbonyl (C=O) groups is 1. The molecule has 1 saturated carbocycles. The van der Waals surface area contributed by atoms with Crippen molar-refractivity contribution >= 4 is 5.97 Å². The Morgan fingerprint density at radius 3 is 2.57 bits per heavy atom. The standard InChI is InChI=1S/C18H27NO2/c1-4-19(5-2)17(13-18(20)21-6-3)16-9-7-8-15(12-16)14-10-11-14/h7-9,12,14,17H,4-6,10-11,13H2,1-3H3. The van der Waals surface area contributed by atoms with Gasteiger partial charge >= 0.3 is 5.97 Å². The largest absolute Gasteiger partial charge is 0.466 e. The molecule has 21 heavy (non-hydrogen) atoms. The molecule has 3 nitrogen and oxygen atoms in total. The van der Waals surface area contributed by atoms with Crippen LogP contribution in [0.3, 0.4) is 0 Å². The van der Waals surface area contributed by atoms with E-state index in [-0.39, 0.29) is 12.0 Å². The fourth-order valence-electron chi connectivity index (χ4n) is 2.94.